The molecule has 1 N–H and O–H groups in total. The molecule has 0 aliphatic carbocycles. The van der Waals surface area contributed by atoms with Crippen LogP contribution in [0.1, 0.15) is 0 Å². The predicted molar refractivity (Wildman–Crippen MR) is 72.9 cm³/mol. The zero-order chi connectivity index (χ0) is 11.9. The lowest BCUT2D eigenvalue weighted by Gasteiger charge is -2.06. The van der Waals surface area contributed by atoms with Gasteiger partial charge in [-0.3, -0.25) is 5.10 Å². The first-order chi connectivity index (χ1) is 8.93. The first-order valence-corrected chi connectivity index (χ1v) is 5.92. The smallest absolute Gasteiger partial charge is 0.0671 e. The molecule has 0 unspecified atom stereocenters. The summed E-state index contributed by atoms with van der Waals surface area (Å²) >= 11 is 0. The van der Waals surface area contributed by atoms with Crippen molar-refractivity contribution < 1.29 is 0 Å². The Kier molecular flexibility index (Phi) is 1.83. The molecule has 0 fully saturated rings. The van der Waals surface area contributed by atoms with Crippen LogP contribution in [0, 0.1) is 0 Å². The summed E-state index contributed by atoms with van der Waals surface area (Å²) < 4.78 is 2.20. The Morgan fingerprint density at radius 2 is 1.89 bits per heavy atom. The van der Waals surface area contributed by atoms with Crippen molar-refractivity contribution in [2.24, 2.45) is 0 Å². The van der Waals surface area contributed by atoms with Gasteiger partial charge in [-0.2, -0.15) is 5.10 Å². The van der Waals surface area contributed by atoms with Crippen molar-refractivity contribution in [3.8, 4) is 5.69 Å². The number of rotatable bonds is 1. The van der Waals surface area contributed by atoms with Crippen LogP contribution in [0.2, 0.25) is 0 Å². The van der Waals surface area contributed by atoms with E-state index in [2.05, 4.69) is 57.4 Å². The van der Waals surface area contributed by atoms with E-state index in [1.54, 1.807) is 0 Å². The molecule has 0 bridgehead atoms. The van der Waals surface area contributed by atoms with E-state index < -0.39 is 0 Å². The van der Waals surface area contributed by atoms with E-state index in [0.29, 0.717) is 0 Å². The highest BCUT2D eigenvalue weighted by Crippen LogP contribution is 2.25. The average molecular weight is 233 g/mol. The Balaban J connectivity index is 2.10. The molecular formula is C15H11N3. The zero-order valence-corrected chi connectivity index (χ0v) is 9.67. The minimum atomic E-state index is 1.06. The molecule has 4 aromatic rings. The van der Waals surface area contributed by atoms with Crippen molar-refractivity contribution in [1.82, 2.24) is 14.8 Å². The molecule has 86 valence electrons. The van der Waals surface area contributed by atoms with Crippen molar-refractivity contribution in [3.05, 3.63) is 60.9 Å². The van der Waals surface area contributed by atoms with Crippen LogP contribution >= 0.6 is 0 Å². The number of nitrogens with zero attached hydrogens (tertiary/aromatic N) is 2. The lowest BCUT2D eigenvalue weighted by molar-refractivity contribution is 1.12. The Bertz CT molecular complexity index is 839. The number of hydrogen-bond acceptors (Lipinski definition) is 1. The summed E-state index contributed by atoms with van der Waals surface area (Å²) in [5.41, 5.74) is 3.43. The van der Waals surface area contributed by atoms with Crippen LogP contribution in [-0.2, 0) is 0 Å². The van der Waals surface area contributed by atoms with E-state index in [0.717, 1.165) is 16.6 Å². The molecule has 0 saturated heterocycles. The summed E-state index contributed by atoms with van der Waals surface area (Å²) in [6, 6.07) is 16.7. The number of aromatic nitrogens is 3. The van der Waals surface area contributed by atoms with E-state index in [1.807, 2.05) is 18.3 Å². The highest BCUT2D eigenvalue weighted by molar-refractivity contribution is 5.90. The Hall–Kier alpha value is -2.55. The van der Waals surface area contributed by atoms with Gasteiger partial charge >= 0.3 is 0 Å². The predicted octanol–water partition coefficient (Wildman–Crippen LogP) is 3.51. The molecule has 3 nitrogen and oxygen atoms in total. The Morgan fingerprint density at radius 1 is 0.944 bits per heavy atom. The number of para-hydroxylation sites is 1. The molecule has 0 saturated carbocycles. The minimum Gasteiger partial charge on any atom is -0.316 e. The van der Waals surface area contributed by atoms with Crippen molar-refractivity contribution in [2.45, 2.75) is 0 Å². The fourth-order valence-electron chi connectivity index (χ4n) is 2.46. The third kappa shape index (κ3) is 1.21. The SMILES string of the molecule is c1ccc2c(c1)ccn2-c1cccc2[nH]ncc12. The fourth-order valence-corrected chi connectivity index (χ4v) is 2.46. The van der Waals surface area contributed by atoms with Crippen LogP contribution in [0.4, 0.5) is 0 Å². The van der Waals surface area contributed by atoms with Crippen LogP contribution < -0.4 is 0 Å². The summed E-state index contributed by atoms with van der Waals surface area (Å²) in [5, 5.41) is 9.51. The van der Waals surface area contributed by atoms with Gasteiger partial charge in [-0.1, -0.05) is 24.3 Å². The number of aromatic amines is 1. The molecule has 2 heterocycles. The average Bonchev–Trinajstić information content (AvgIpc) is 3.05. The van der Waals surface area contributed by atoms with Gasteiger partial charge in [-0.25, -0.2) is 0 Å². The van der Waals surface area contributed by atoms with Crippen LogP contribution in [0.3, 0.4) is 0 Å². The summed E-state index contributed by atoms with van der Waals surface area (Å²) in [6.07, 6.45) is 3.98. The molecule has 0 aliphatic rings. The Morgan fingerprint density at radius 3 is 2.89 bits per heavy atom. The largest absolute Gasteiger partial charge is 0.316 e. The number of benzene rings is 2. The van der Waals surface area contributed by atoms with Gasteiger partial charge in [0.05, 0.1) is 22.9 Å². The lowest BCUT2D eigenvalue weighted by atomic mass is 10.2. The van der Waals surface area contributed by atoms with Crippen LogP contribution in [-0.4, -0.2) is 14.8 Å². The van der Waals surface area contributed by atoms with Gasteiger partial charge in [0.15, 0.2) is 0 Å². The highest BCUT2D eigenvalue weighted by Gasteiger charge is 2.07. The molecule has 2 aromatic heterocycles. The van der Waals surface area contributed by atoms with E-state index >= 15 is 0 Å². The molecule has 0 radical (unpaired) electrons. The van der Waals surface area contributed by atoms with Crippen LogP contribution in [0.25, 0.3) is 27.5 Å². The third-order valence-corrected chi connectivity index (χ3v) is 3.32. The Labute approximate surface area is 104 Å². The first kappa shape index (κ1) is 9.48. The second kappa shape index (κ2) is 3.47. The van der Waals surface area contributed by atoms with Gasteiger partial charge in [0, 0.05) is 11.6 Å². The fraction of sp³-hybridized carbons (Fsp3) is 0. The van der Waals surface area contributed by atoms with Gasteiger partial charge < -0.3 is 4.57 Å². The van der Waals surface area contributed by atoms with E-state index in [1.165, 1.54) is 10.9 Å². The molecule has 0 spiro atoms. The van der Waals surface area contributed by atoms with Gasteiger partial charge in [0.25, 0.3) is 0 Å². The number of nitrogens with one attached hydrogen (secondary N) is 1. The van der Waals surface area contributed by atoms with Gasteiger partial charge in [-0.15, -0.1) is 0 Å². The van der Waals surface area contributed by atoms with Gasteiger partial charge in [0.1, 0.15) is 0 Å². The van der Waals surface area contributed by atoms with Crippen LogP contribution in [0.5, 0.6) is 0 Å². The second-order valence-electron chi connectivity index (χ2n) is 4.35. The zero-order valence-electron chi connectivity index (χ0n) is 9.67. The second-order valence-corrected chi connectivity index (χ2v) is 4.35. The standard InChI is InChI=1S/C15H11N3/c1-2-6-14-11(4-1)8-9-18(14)15-7-3-5-13-12(15)10-16-17-13/h1-10H,(H,16,17). The number of H-pyrrole nitrogens is 1. The summed E-state index contributed by atoms with van der Waals surface area (Å²) in [5.74, 6) is 0. The normalized spacial score (nSPS) is 11.3. The maximum Gasteiger partial charge on any atom is 0.0671 e. The molecule has 4 rings (SSSR count). The highest BCUT2D eigenvalue weighted by atomic mass is 15.1. The van der Waals surface area contributed by atoms with Gasteiger partial charge in [0.2, 0.25) is 0 Å². The molecular weight excluding hydrogens is 222 g/mol. The maximum atomic E-state index is 4.11. The molecule has 0 aliphatic heterocycles. The van der Waals surface area contributed by atoms with Crippen molar-refractivity contribution in [1.29, 1.82) is 0 Å². The van der Waals surface area contributed by atoms with Crippen molar-refractivity contribution in [2.75, 3.05) is 0 Å². The summed E-state index contributed by atoms with van der Waals surface area (Å²) in [4.78, 5) is 0. The molecule has 3 heteroatoms. The van der Waals surface area contributed by atoms with E-state index in [4.69, 9.17) is 0 Å². The van der Waals surface area contributed by atoms with Crippen molar-refractivity contribution in [3.63, 3.8) is 0 Å². The third-order valence-electron chi connectivity index (χ3n) is 3.32. The van der Waals surface area contributed by atoms with Crippen molar-refractivity contribution >= 4 is 21.8 Å². The monoisotopic (exact) mass is 233 g/mol. The number of fused-ring (bicyclic) bond motifs is 2. The van der Waals surface area contributed by atoms with Gasteiger partial charge in [-0.05, 0) is 29.7 Å². The van der Waals surface area contributed by atoms with E-state index in [9.17, 15) is 0 Å². The quantitative estimate of drug-likeness (QED) is 0.536. The maximum absolute atomic E-state index is 4.11. The first-order valence-electron chi connectivity index (χ1n) is 5.92. The molecule has 0 atom stereocenters. The minimum absolute atomic E-state index is 1.06. The lowest BCUT2D eigenvalue weighted by Crippen LogP contribution is -1.91. The van der Waals surface area contributed by atoms with Crippen LogP contribution in [0.15, 0.2) is 60.9 Å². The number of hydrogen-bond donors (Lipinski definition) is 1. The topological polar surface area (TPSA) is 33.6 Å². The summed E-state index contributed by atoms with van der Waals surface area (Å²) in [6.45, 7) is 0. The molecule has 2 aromatic carbocycles. The molecule has 18 heavy (non-hydrogen) atoms. The van der Waals surface area contributed by atoms with E-state index in [-0.39, 0.29) is 0 Å². The summed E-state index contributed by atoms with van der Waals surface area (Å²) in [7, 11) is 0. The molecule has 0 amide bonds.